The van der Waals surface area contributed by atoms with Crippen LogP contribution in [0.25, 0.3) is 0 Å². The zero-order valence-electron chi connectivity index (χ0n) is 17.4. The second kappa shape index (κ2) is 12.3. The first-order valence-electron chi connectivity index (χ1n) is 10.0. The Morgan fingerprint density at radius 1 is 1.22 bits per heavy atom. The number of piperidine rings is 1. The van der Waals surface area contributed by atoms with Gasteiger partial charge in [-0.2, -0.15) is 0 Å². The number of hydrogen-bond acceptors (Lipinski definition) is 9. The van der Waals surface area contributed by atoms with Crippen molar-refractivity contribution in [3.05, 3.63) is 30.1 Å². The van der Waals surface area contributed by atoms with E-state index < -0.39 is 42.5 Å². The Bertz CT molecular complexity index is 816. The van der Waals surface area contributed by atoms with E-state index in [-0.39, 0.29) is 11.8 Å². The van der Waals surface area contributed by atoms with E-state index in [1.54, 1.807) is 18.3 Å². The number of oxime groups is 1. The lowest BCUT2D eigenvalue weighted by atomic mass is 9.96. The summed E-state index contributed by atoms with van der Waals surface area (Å²) in [4.78, 5) is 45.7. The van der Waals surface area contributed by atoms with Crippen LogP contribution in [0.1, 0.15) is 37.7 Å². The van der Waals surface area contributed by atoms with Gasteiger partial charge in [-0.1, -0.05) is 23.2 Å². The molecular formula is C20H26ClN3O8. The number of carboxylic acid groups (broad SMARTS) is 2. The van der Waals surface area contributed by atoms with Gasteiger partial charge in [-0.15, -0.1) is 0 Å². The van der Waals surface area contributed by atoms with Crippen LogP contribution in [0.5, 0.6) is 0 Å². The molecule has 32 heavy (non-hydrogen) atoms. The molecule has 2 rings (SSSR count). The summed E-state index contributed by atoms with van der Waals surface area (Å²) in [5, 5.41) is 31.9. The van der Waals surface area contributed by atoms with Gasteiger partial charge in [-0.25, -0.2) is 4.79 Å². The average molecular weight is 472 g/mol. The Kier molecular flexibility index (Phi) is 9.82. The number of likely N-dealkylation sites (tertiary alicyclic amines) is 1. The molecule has 3 N–H and O–H groups in total. The van der Waals surface area contributed by atoms with Crippen LogP contribution in [0.2, 0.25) is 0 Å². The number of aliphatic hydroxyl groups is 1. The highest BCUT2D eigenvalue weighted by atomic mass is 35.5. The third kappa shape index (κ3) is 8.40. The van der Waals surface area contributed by atoms with Crippen LogP contribution in [0.15, 0.2) is 29.7 Å². The zero-order valence-corrected chi connectivity index (χ0v) is 18.1. The molecule has 0 aromatic carbocycles. The molecule has 2 heterocycles. The summed E-state index contributed by atoms with van der Waals surface area (Å²) in [5.41, 5.74) is -2.25. The average Bonchev–Trinajstić information content (AvgIpc) is 2.74. The topological polar surface area (TPSA) is 159 Å². The second-order valence-electron chi connectivity index (χ2n) is 7.48. The lowest BCUT2D eigenvalue weighted by molar-refractivity contribution is -0.175. The minimum atomic E-state index is -2.78. The molecule has 0 radical (unpaired) electrons. The summed E-state index contributed by atoms with van der Waals surface area (Å²) in [6.07, 6.45) is 3.14. The summed E-state index contributed by atoms with van der Waals surface area (Å²) in [6.45, 7) is 1.72. The van der Waals surface area contributed by atoms with Crippen LogP contribution < -0.4 is 0 Å². The summed E-state index contributed by atoms with van der Waals surface area (Å²) in [6, 6.07) is 3.36. The van der Waals surface area contributed by atoms with E-state index in [0.717, 1.165) is 32.4 Å². The summed E-state index contributed by atoms with van der Waals surface area (Å²) >= 11 is 6.07. The monoisotopic (exact) mass is 471 g/mol. The van der Waals surface area contributed by atoms with Crippen LogP contribution in [-0.4, -0.2) is 86.2 Å². The van der Waals surface area contributed by atoms with Crippen molar-refractivity contribution in [1.29, 1.82) is 0 Å². The van der Waals surface area contributed by atoms with Gasteiger partial charge >= 0.3 is 17.9 Å². The van der Waals surface area contributed by atoms with Gasteiger partial charge in [0.1, 0.15) is 0 Å². The number of pyridine rings is 1. The van der Waals surface area contributed by atoms with Gasteiger partial charge in [0.25, 0.3) is 0 Å². The first-order chi connectivity index (χ1) is 15.2. The van der Waals surface area contributed by atoms with E-state index in [4.69, 9.17) is 31.4 Å². The minimum absolute atomic E-state index is 0.0443. The molecule has 12 heteroatoms. The maximum absolute atomic E-state index is 12.3. The predicted octanol–water partition coefficient (Wildman–Crippen LogP) is 1.08. The summed E-state index contributed by atoms with van der Waals surface area (Å²) in [7, 11) is 0. The molecule has 0 unspecified atom stereocenters. The van der Waals surface area contributed by atoms with Gasteiger partial charge in [0, 0.05) is 24.5 Å². The molecule has 1 fully saturated rings. The third-order valence-corrected chi connectivity index (χ3v) is 5.08. The number of halogens is 1. The molecule has 2 atom stereocenters. The van der Waals surface area contributed by atoms with E-state index in [2.05, 4.69) is 15.0 Å². The molecular weight excluding hydrogens is 446 g/mol. The Balaban J connectivity index is 2.02. The number of carbonyl (C=O) groups is 3. The van der Waals surface area contributed by atoms with Crippen LogP contribution in [0.4, 0.5) is 0 Å². The van der Waals surface area contributed by atoms with Gasteiger partial charge in [-0.3, -0.25) is 19.5 Å². The van der Waals surface area contributed by atoms with Gasteiger partial charge in [0.15, 0.2) is 23.5 Å². The fourth-order valence-corrected chi connectivity index (χ4v) is 3.36. The summed E-state index contributed by atoms with van der Waals surface area (Å²) < 4.78 is 5.32. The van der Waals surface area contributed by atoms with Crippen molar-refractivity contribution in [2.75, 3.05) is 26.2 Å². The van der Waals surface area contributed by atoms with E-state index in [1.165, 1.54) is 6.20 Å². The number of esters is 1. The number of carboxylic acids is 2. The first-order valence-corrected chi connectivity index (χ1v) is 10.4. The highest BCUT2D eigenvalue weighted by Crippen LogP contribution is 2.18. The van der Waals surface area contributed by atoms with E-state index in [1.807, 2.05) is 0 Å². The highest BCUT2D eigenvalue weighted by molar-refractivity contribution is 6.69. The molecule has 176 valence electrons. The quantitative estimate of drug-likeness (QED) is 0.228. The second-order valence-corrected chi connectivity index (χ2v) is 7.83. The lowest BCUT2D eigenvalue weighted by Crippen LogP contribution is -2.45. The van der Waals surface area contributed by atoms with Crippen molar-refractivity contribution in [1.82, 2.24) is 9.88 Å². The van der Waals surface area contributed by atoms with Crippen molar-refractivity contribution in [3.8, 4) is 0 Å². The number of hydrogen-bond donors (Lipinski definition) is 3. The maximum atomic E-state index is 12.3. The number of nitrogens with zero attached hydrogens (tertiary/aromatic N) is 3. The largest absolute Gasteiger partial charge is 0.481 e. The molecule has 1 aliphatic heterocycles. The fraction of sp³-hybridized carbons (Fsp3) is 0.550. The normalized spacial score (nSPS) is 17.8. The number of aliphatic carboxylic acids is 2. The molecule has 0 saturated carbocycles. The van der Waals surface area contributed by atoms with Crippen LogP contribution in [-0.2, 0) is 24.0 Å². The Morgan fingerprint density at radius 3 is 2.53 bits per heavy atom. The third-order valence-electron chi connectivity index (χ3n) is 4.79. The molecule has 1 saturated heterocycles. The molecule has 1 aromatic heterocycles. The van der Waals surface area contributed by atoms with E-state index in [0.29, 0.717) is 12.1 Å². The SMILES string of the molecule is O=C(O)C[C@@](O)(CC(=O)O[C@@H](CON=C(Cl)c1cccnc1)CN1CCCCC1)C(=O)O. The van der Waals surface area contributed by atoms with Crippen molar-refractivity contribution in [2.45, 2.75) is 43.8 Å². The number of ether oxygens (including phenoxy) is 1. The molecule has 0 bridgehead atoms. The molecule has 1 aliphatic rings. The van der Waals surface area contributed by atoms with Crippen LogP contribution in [0, 0.1) is 0 Å². The van der Waals surface area contributed by atoms with Gasteiger partial charge in [0.2, 0.25) is 0 Å². The minimum Gasteiger partial charge on any atom is -0.481 e. The predicted molar refractivity (Wildman–Crippen MR) is 112 cm³/mol. The summed E-state index contributed by atoms with van der Waals surface area (Å²) in [5.74, 6) is -4.45. The Hall–Kier alpha value is -2.76. The van der Waals surface area contributed by atoms with Crippen molar-refractivity contribution in [2.24, 2.45) is 5.16 Å². The van der Waals surface area contributed by atoms with Gasteiger partial charge < -0.3 is 24.9 Å². The van der Waals surface area contributed by atoms with Crippen molar-refractivity contribution in [3.63, 3.8) is 0 Å². The van der Waals surface area contributed by atoms with E-state index in [9.17, 15) is 19.5 Å². The zero-order chi connectivity index (χ0) is 23.6. The smallest absolute Gasteiger partial charge is 0.336 e. The van der Waals surface area contributed by atoms with Crippen LogP contribution >= 0.6 is 11.6 Å². The number of rotatable bonds is 12. The molecule has 11 nitrogen and oxygen atoms in total. The lowest BCUT2D eigenvalue weighted by Gasteiger charge is -2.30. The number of carbonyl (C=O) groups excluding carboxylic acids is 1. The standard InChI is InChI=1S/C20H26ClN3O8/c21-18(14-5-4-6-22-11-14)23-31-13-15(12-24-7-2-1-3-8-24)32-17(27)10-20(30,19(28)29)9-16(25)26/h4-6,11,15,30H,1-3,7-10,12-13H2,(H,25,26)(H,28,29)/t15-,20-/m1/s1. The molecule has 0 amide bonds. The Morgan fingerprint density at radius 2 is 1.94 bits per heavy atom. The van der Waals surface area contributed by atoms with Crippen molar-refractivity contribution >= 4 is 34.7 Å². The highest BCUT2D eigenvalue weighted by Gasteiger charge is 2.42. The van der Waals surface area contributed by atoms with Crippen molar-refractivity contribution < 1.29 is 39.3 Å². The van der Waals surface area contributed by atoms with E-state index >= 15 is 0 Å². The fourth-order valence-electron chi connectivity index (χ4n) is 3.20. The molecule has 1 aromatic rings. The van der Waals surface area contributed by atoms with Crippen LogP contribution in [0.3, 0.4) is 0 Å². The molecule has 0 aliphatic carbocycles. The maximum Gasteiger partial charge on any atom is 0.336 e. The van der Waals surface area contributed by atoms with Gasteiger partial charge in [0.05, 0.1) is 12.8 Å². The number of aromatic nitrogens is 1. The Labute approximate surface area is 189 Å². The van der Waals surface area contributed by atoms with Gasteiger partial charge in [-0.05, 0) is 38.1 Å². The molecule has 0 spiro atoms. The first kappa shape index (κ1) is 25.5.